The quantitative estimate of drug-likeness (QED) is 0.160. The van der Waals surface area contributed by atoms with E-state index in [1.54, 1.807) is 0 Å². The molecule has 21 heavy (non-hydrogen) atoms. The highest BCUT2D eigenvalue weighted by Gasteiger charge is 2.17. The number of carbonyl (C=O) groups excluding carboxylic acids is 1. The van der Waals surface area contributed by atoms with Gasteiger partial charge in [-0.3, -0.25) is 4.99 Å². The number of carbonyl (C=O) groups is 1. The molecule has 0 aromatic carbocycles. The number of aliphatic imine (C=N–C) groups is 1. The molecule has 0 aromatic heterocycles. The van der Waals surface area contributed by atoms with Crippen molar-refractivity contribution in [3.8, 4) is 0 Å². The Bertz CT molecular complexity index is 322. The van der Waals surface area contributed by atoms with Gasteiger partial charge in [0.25, 0.3) is 0 Å². The molecule has 0 aliphatic carbocycles. The Kier molecular flexibility index (Phi) is 13.2. The topological polar surface area (TPSA) is 88.5 Å². The summed E-state index contributed by atoms with van der Waals surface area (Å²) in [4.78, 5) is 15.6. The number of rotatable bonds is 13. The smallest absolute Gasteiger partial charge is 0.331 e. The van der Waals surface area contributed by atoms with Gasteiger partial charge >= 0.3 is 5.97 Å². The van der Waals surface area contributed by atoms with Crippen LogP contribution in [-0.4, -0.2) is 36.4 Å². The van der Waals surface area contributed by atoms with E-state index in [0.29, 0.717) is 6.61 Å². The minimum Gasteiger partial charge on any atom is -0.464 e. The van der Waals surface area contributed by atoms with Crippen molar-refractivity contribution in [1.29, 1.82) is 5.41 Å². The predicted octanol–water partition coefficient (Wildman–Crippen LogP) is 2.98. The van der Waals surface area contributed by atoms with Crippen molar-refractivity contribution in [3.63, 3.8) is 0 Å². The first-order valence-corrected chi connectivity index (χ1v) is 8.40. The van der Waals surface area contributed by atoms with Gasteiger partial charge < -0.3 is 15.9 Å². The molecule has 5 nitrogen and oxygen atoms in total. The molecule has 1 unspecified atom stereocenters. The number of nitrogens with two attached hydrogens (primary N) is 1. The second-order valence-corrected chi connectivity index (χ2v) is 5.40. The number of ether oxygens (including phenoxy) is 1. The number of hydrogen-bond acceptors (Lipinski definition) is 5. The Labute approximate surface area is 133 Å². The summed E-state index contributed by atoms with van der Waals surface area (Å²) < 4.78 is 5.16. The van der Waals surface area contributed by atoms with E-state index < -0.39 is 12.0 Å². The van der Waals surface area contributed by atoms with E-state index in [9.17, 15) is 4.79 Å². The minimum atomic E-state index is -0.719. The molecule has 0 saturated carbocycles. The van der Waals surface area contributed by atoms with Crippen LogP contribution < -0.4 is 5.73 Å². The lowest BCUT2D eigenvalue weighted by Gasteiger charge is -2.10. The summed E-state index contributed by atoms with van der Waals surface area (Å²) >= 11 is 4.05. The second kappa shape index (κ2) is 13.9. The van der Waals surface area contributed by atoms with Gasteiger partial charge in [0.2, 0.25) is 0 Å². The van der Waals surface area contributed by atoms with Gasteiger partial charge in [-0.05, 0) is 6.42 Å². The molecule has 0 aromatic rings. The standard InChI is InChI=1S/C15H29N3O2S/c1-2-3-4-5-6-7-8-9-10-20-15(19)13(12-21)18-14(17)11-16/h11,13,16,21H,2-10,12H2,1H3,(H2,17,18). The van der Waals surface area contributed by atoms with Gasteiger partial charge in [-0.2, -0.15) is 12.6 Å². The highest BCUT2D eigenvalue weighted by atomic mass is 32.1. The van der Waals surface area contributed by atoms with Gasteiger partial charge in [-0.1, -0.05) is 51.9 Å². The van der Waals surface area contributed by atoms with Gasteiger partial charge in [-0.25, -0.2) is 4.79 Å². The van der Waals surface area contributed by atoms with Crippen LogP contribution in [0.5, 0.6) is 0 Å². The summed E-state index contributed by atoms with van der Waals surface area (Å²) in [5, 5.41) is 6.93. The first-order valence-electron chi connectivity index (χ1n) is 7.77. The molecule has 0 aliphatic heterocycles. The highest BCUT2D eigenvalue weighted by molar-refractivity contribution is 7.80. The summed E-state index contributed by atoms with van der Waals surface area (Å²) in [6, 6.07) is -0.719. The van der Waals surface area contributed by atoms with Crippen LogP contribution in [0.3, 0.4) is 0 Å². The number of hydrogen-bond donors (Lipinski definition) is 3. The minimum absolute atomic E-state index is 0.0121. The van der Waals surface area contributed by atoms with Crippen LogP contribution in [0.1, 0.15) is 58.3 Å². The maximum atomic E-state index is 11.7. The maximum absolute atomic E-state index is 11.7. The van der Waals surface area contributed by atoms with Crippen LogP contribution >= 0.6 is 12.6 Å². The van der Waals surface area contributed by atoms with Crippen LogP contribution in [0.2, 0.25) is 0 Å². The van der Waals surface area contributed by atoms with E-state index in [1.165, 1.54) is 38.5 Å². The fourth-order valence-electron chi connectivity index (χ4n) is 1.89. The lowest BCUT2D eigenvalue weighted by Crippen LogP contribution is -2.27. The molecule has 0 amide bonds. The van der Waals surface area contributed by atoms with E-state index in [1.807, 2.05) is 0 Å². The number of esters is 1. The molecule has 6 heteroatoms. The monoisotopic (exact) mass is 315 g/mol. The molecule has 0 saturated heterocycles. The van der Waals surface area contributed by atoms with E-state index in [2.05, 4.69) is 24.5 Å². The first-order chi connectivity index (χ1) is 10.2. The Hall–Kier alpha value is -1.04. The van der Waals surface area contributed by atoms with Crippen molar-refractivity contribution in [2.24, 2.45) is 10.7 Å². The fraction of sp³-hybridized carbons (Fsp3) is 0.800. The summed E-state index contributed by atoms with van der Waals surface area (Å²) in [6.07, 6.45) is 10.5. The molecule has 0 fully saturated rings. The zero-order chi connectivity index (χ0) is 15.9. The van der Waals surface area contributed by atoms with E-state index in [-0.39, 0.29) is 11.6 Å². The zero-order valence-corrected chi connectivity index (χ0v) is 13.9. The molecule has 0 bridgehead atoms. The average Bonchev–Trinajstić information content (AvgIpc) is 2.50. The lowest BCUT2D eigenvalue weighted by atomic mass is 10.1. The van der Waals surface area contributed by atoms with Crippen molar-refractivity contribution in [2.75, 3.05) is 12.4 Å². The summed E-state index contributed by atoms with van der Waals surface area (Å²) in [5.74, 6) is -0.180. The summed E-state index contributed by atoms with van der Waals surface area (Å²) in [7, 11) is 0. The maximum Gasteiger partial charge on any atom is 0.331 e. The fourth-order valence-corrected chi connectivity index (χ4v) is 2.12. The zero-order valence-electron chi connectivity index (χ0n) is 13.0. The molecule has 0 spiro atoms. The molecular weight excluding hydrogens is 286 g/mol. The third kappa shape index (κ3) is 11.3. The molecule has 0 aliphatic rings. The number of unbranched alkanes of at least 4 members (excludes halogenated alkanes) is 7. The number of amidine groups is 1. The number of nitrogens with zero attached hydrogens (tertiary/aromatic N) is 1. The molecule has 0 radical (unpaired) electrons. The van der Waals surface area contributed by atoms with Crippen molar-refractivity contribution >= 4 is 30.6 Å². The number of thiol groups is 1. The van der Waals surface area contributed by atoms with Crippen molar-refractivity contribution < 1.29 is 9.53 Å². The Balaban J connectivity index is 3.66. The predicted molar refractivity (Wildman–Crippen MR) is 91.6 cm³/mol. The van der Waals surface area contributed by atoms with Crippen molar-refractivity contribution in [3.05, 3.63) is 0 Å². The van der Waals surface area contributed by atoms with Gasteiger partial charge in [0.05, 0.1) is 12.8 Å². The Morgan fingerprint density at radius 1 is 1.24 bits per heavy atom. The van der Waals surface area contributed by atoms with Crippen LogP contribution in [-0.2, 0) is 9.53 Å². The number of nitrogens with one attached hydrogen (secondary N) is 1. The third-order valence-corrected chi connectivity index (χ3v) is 3.49. The van der Waals surface area contributed by atoms with Gasteiger partial charge in [0.15, 0.2) is 6.04 Å². The molecule has 1 atom stereocenters. The van der Waals surface area contributed by atoms with E-state index >= 15 is 0 Å². The Morgan fingerprint density at radius 2 is 1.81 bits per heavy atom. The van der Waals surface area contributed by atoms with Crippen LogP contribution in [0, 0.1) is 5.41 Å². The highest BCUT2D eigenvalue weighted by Crippen LogP contribution is 2.08. The Morgan fingerprint density at radius 3 is 2.33 bits per heavy atom. The first kappa shape index (κ1) is 20.0. The third-order valence-electron chi connectivity index (χ3n) is 3.14. The van der Waals surface area contributed by atoms with Gasteiger partial charge in [0.1, 0.15) is 5.84 Å². The lowest BCUT2D eigenvalue weighted by molar-refractivity contribution is -0.144. The average molecular weight is 315 g/mol. The van der Waals surface area contributed by atoms with Gasteiger partial charge in [0, 0.05) is 5.75 Å². The molecule has 122 valence electrons. The van der Waals surface area contributed by atoms with Crippen LogP contribution in [0.25, 0.3) is 0 Å². The molecule has 0 rings (SSSR count). The largest absolute Gasteiger partial charge is 0.464 e. The molecular formula is C15H29N3O2S. The van der Waals surface area contributed by atoms with E-state index in [0.717, 1.165) is 19.1 Å². The van der Waals surface area contributed by atoms with E-state index in [4.69, 9.17) is 15.9 Å². The van der Waals surface area contributed by atoms with Crippen LogP contribution in [0.4, 0.5) is 0 Å². The van der Waals surface area contributed by atoms with Crippen molar-refractivity contribution in [1.82, 2.24) is 0 Å². The normalized spacial score (nSPS) is 13.0. The second-order valence-electron chi connectivity index (χ2n) is 5.04. The molecule has 0 heterocycles. The summed E-state index contributed by atoms with van der Waals surface area (Å²) in [5.41, 5.74) is 5.40. The SMILES string of the molecule is CCCCCCCCCCOC(=O)C(CS)N=C(N)C=N. The van der Waals surface area contributed by atoms with Crippen molar-refractivity contribution in [2.45, 2.75) is 64.3 Å². The molecule has 3 N–H and O–H groups in total. The summed E-state index contributed by atoms with van der Waals surface area (Å²) in [6.45, 7) is 2.63. The van der Waals surface area contributed by atoms with Gasteiger partial charge in [-0.15, -0.1) is 0 Å². The van der Waals surface area contributed by atoms with Crippen LogP contribution in [0.15, 0.2) is 4.99 Å².